The summed E-state index contributed by atoms with van der Waals surface area (Å²) in [4.78, 5) is 6.90. The van der Waals surface area contributed by atoms with Gasteiger partial charge in [-0.15, -0.1) is 11.3 Å². The van der Waals surface area contributed by atoms with Gasteiger partial charge in [0.15, 0.2) is 5.13 Å². The average Bonchev–Trinajstić information content (AvgIpc) is 3.20. The zero-order valence-electron chi connectivity index (χ0n) is 15.4. The van der Waals surface area contributed by atoms with Crippen LogP contribution in [0.2, 0.25) is 15.1 Å². The number of piperazine rings is 1. The molecule has 0 amide bonds. The SMILES string of the molecule is O=S(=O)(c1ccc(Br)cc1Cl)N1CCN(c2nc(-c3ccc(Cl)c(Cl)c3)cs2)CC1. The first kappa shape index (κ1) is 22.3. The summed E-state index contributed by atoms with van der Waals surface area (Å²) in [6, 6.07) is 10.2. The van der Waals surface area contributed by atoms with Crippen molar-refractivity contribution in [2.75, 3.05) is 31.1 Å². The van der Waals surface area contributed by atoms with E-state index in [-0.39, 0.29) is 9.92 Å². The van der Waals surface area contributed by atoms with Crippen molar-refractivity contribution < 1.29 is 8.42 Å². The van der Waals surface area contributed by atoms with Crippen LogP contribution in [0.4, 0.5) is 5.13 Å². The van der Waals surface area contributed by atoms with Gasteiger partial charge in [0.25, 0.3) is 0 Å². The number of sulfonamides is 1. The van der Waals surface area contributed by atoms with E-state index < -0.39 is 10.0 Å². The Morgan fingerprint density at radius 3 is 2.33 bits per heavy atom. The number of halogens is 4. The zero-order chi connectivity index (χ0) is 21.5. The van der Waals surface area contributed by atoms with Crippen molar-refractivity contribution in [3.8, 4) is 11.3 Å². The summed E-state index contributed by atoms with van der Waals surface area (Å²) < 4.78 is 28.2. The largest absolute Gasteiger partial charge is 0.345 e. The third-order valence-corrected chi connectivity index (χ3v) is 9.24. The minimum Gasteiger partial charge on any atom is -0.345 e. The summed E-state index contributed by atoms with van der Waals surface area (Å²) >= 11 is 23.1. The van der Waals surface area contributed by atoms with Crippen LogP contribution < -0.4 is 4.90 Å². The second kappa shape index (κ2) is 8.94. The third-order valence-electron chi connectivity index (χ3n) is 4.73. The number of nitrogens with zero attached hydrogens (tertiary/aromatic N) is 3. The Bertz CT molecular complexity index is 1200. The molecule has 0 saturated carbocycles. The van der Waals surface area contributed by atoms with Crippen molar-refractivity contribution in [3.63, 3.8) is 0 Å². The molecular formula is C19H15BrCl3N3O2S2. The highest BCUT2D eigenvalue weighted by atomic mass is 79.9. The minimum absolute atomic E-state index is 0.122. The van der Waals surface area contributed by atoms with Gasteiger partial charge in [-0.25, -0.2) is 13.4 Å². The van der Waals surface area contributed by atoms with Crippen LogP contribution in [0.3, 0.4) is 0 Å². The Morgan fingerprint density at radius 2 is 1.67 bits per heavy atom. The molecule has 2 aromatic carbocycles. The molecule has 5 nitrogen and oxygen atoms in total. The van der Waals surface area contributed by atoms with E-state index in [4.69, 9.17) is 39.8 Å². The van der Waals surface area contributed by atoms with Crippen LogP contribution in [0.15, 0.2) is 51.1 Å². The zero-order valence-corrected chi connectivity index (χ0v) is 20.8. The number of aromatic nitrogens is 1. The normalized spacial score (nSPS) is 15.5. The predicted octanol–water partition coefficient (Wildman–Crippen LogP) is 6.04. The molecule has 1 saturated heterocycles. The summed E-state index contributed by atoms with van der Waals surface area (Å²) in [5.41, 5.74) is 1.70. The molecule has 0 radical (unpaired) electrons. The second-order valence-electron chi connectivity index (χ2n) is 6.61. The van der Waals surface area contributed by atoms with Crippen LogP contribution in [0.5, 0.6) is 0 Å². The lowest BCUT2D eigenvalue weighted by Gasteiger charge is -2.33. The molecule has 0 bridgehead atoms. The van der Waals surface area contributed by atoms with E-state index in [0.29, 0.717) is 36.2 Å². The van der Waals surface area contributed by atoms with Crippen molar-refractivity contribution in [1.82, 2.24) is 9.29 Å². The molecule has 1 aromatic heterocycles. The number of benzene rings is 2. The molecular weight excluding hydrogens is 553 g/mol. The summed E-state index contributed by atoms with van der Waals surface area (Å²) in [5, 5.41) is 3.99. The fourth-order valence-electron chi connectivity index (χ4n) is 3.14. The third kappa shape index (κ3) is 4.50. The van der Waals surface area contributed by atoms with Crippen LogP contribution >= 0.6 is 62.1 Å². The molecule has 0 N–H and O–H groups in total. The molecule has 1 aliphatic heterocycles. The van der Waals surface area contributed by atoms with E-state index in [2.05, 4.69) is 20.8 Å². The van der Waals surface area contributed by atoms with Gasteiger partial charge >= 0.3 is 0 Å². The highest BCUT2D eigenvalue weighted by molar-refractivity contribution is 9.10. The molecule has 2 heterocycles. The maximum atomic E-state index is 13.0. The van der Waals surface area contributed by atoms with Crippen LogP contribution in [-0.4, -0.2) is 43.9 Å². The van der Waals surface area contributed by atoms with E-state index in [9.17, 15) is 8.42 Å². The van der Waals surface area contributed by atoms with Gasteiger partial charge in [-0.1, -0.05) is 56.8 Å². The first-order chi connectivity index (χ1) is 14.3. The molecule has 0 atom stereocenters. The van der Waals surface area contributed by atoms with Gasteiger partial charge in [0.2, 0.25) is 10.0 Å². The standard InChI is InChI=1S/C19H15BrCl3N3O2S2/c20-13-2-4-18(16(23)10-13)30(27,28)26-7-5-25(6-8-26)19-24-17(11-29-19)12-1-3-14(21)15(22)9-12/h1-4,9-11H,5-8H2. The van der Waals surface area contributed by atoms with Crippen LogP contribution in [-0.2, 0) is 10.0 Å². The molecule has 11 heteroatoms. The van der Waals surface area contributed by atoms with Crippen LogP contribution in [0, 0.1) is 0 Å². The van der Waals surface area contributed by atoms with Gasteiger partial charge in [-0.3, -0.25) is 0 Å². The first-order valence-corrected chi connectivity index (χ1v) is 13.1. The van der Waals surface area contributed by atoms with Crippen molar-refractivity contribution in [2.45, 2.75) is 4.90 Å². The summed E-state index contributed by atoms with van der Waals surface area (Å²) in [5.74, 6) is 0. The highest BCUT2D eigenvalue weighted by Crippen LogP contribution is 2.33. The van der Waals surface area contributed by atoms with Gasteiger partial charge in [0, 0.05) is 41.6 Å². The number of anilines is 1. The highest BCUT2D eigenvalue weighted by Gasteiger charge is 2.31. The molecule has 3 aromatic rings. The lowest BCUT2D eigenvalue weighted by Crippen LogP contribution is -2.48. The van der Waals surface area contributed by atoms with Gasteiger partial charge < -0.3 is 4.90 Å². The quantitative estimate of drug-likeness (QED) is 0.386. The fourth-order valence-corrected chi connectivity index (χ4v) is 6.76. The lowest BCUT2D eigenvalue weighted by atomic mass is 10.2. The maximum absolute atomic E-state index is 13.0. The van der Waals surface area contributed by atoms with E-state index >= 15 is 0 Å². The maximum Gasteiger partial charge on any atom is 0.244 e. The summed E-state index contributed by atoms with van der Waals surface area (Å²) in [6.45, 7) is 1.80. The molecule has 0 spiro atoms. The van der Waals surface area contributed by atoms with Gasteiger partial charge in [-0.2, -0.15) is 4.31 Å². The molecule has 4 rings (SSSR count). The molecule has 0 unspecified atom stereocenters. The van der Waals surface area contributed by atoms with Crippen molar-refractivity contribution >= 4 is 77.2 Å². The number of thiazole rings is 1. The number of rotatable bonds is 4. The molecule has 30 heavy (non-hydrogen) atoms. The predicted molar refractivity (Wildman–Crippen MR) is 128 cm³/mol. The van der Waals surface area contributed by atoms with Crippen LogP contribution in [0.1, 0.15) is 0 Å². The van der Waals surface area contributed by atoms with Crippen molar-refractivity contribution in [3.05, 3.63) is 61.3 Å². The van der Waals surface area contributed by atoms with E-state index in [1.54, 1.807) is 24.3 Å². The van der Waals surface area contributed by atoms with Crippen molar-refractivity contribution in [1.29, 1.82) is 0 Å². The monoisotopic (exact) mass is 565 g/mol. The average molecular weight is 568 g/mol. The number of hydrogen-bond donors (Lipinski definition) is 0. The molecule has 158 valence electrons. The Labute approximate surface area is 202 Å². The van der Waals surface area contributed by atoms with E-state index in [0.717, 1.165) is 20.9 Å². The topological polar surface area (TPSA) is 53.5 Å². The first-order valence-electron chi connectivity index (χ1n) is 8.87. The lowest BCUT2D eigenvalue weighted by molar-refractivity contribution is 0.385. The van der Waals surface area contributed by atoms with Gasteiger partial charge in [-0.05, 0) is 30.3 Å². The van der Waals surface area contributed by atoms with E-state index in [1.807, 2.05) is 11.4 Å². The molecule has 1 fully saturated rings. The summed E-state index contributed by atoms with van der Waals surface area (Å²) in [7, 11) is -3.65. The van der Waals surface area contributed by atoms with Crippen molar-refractivity contribution in [2.24, 2.45) is 0 Å². The van der Waals surface area contributed by atoms with Crippen LogP contribution in [0.25, 0.3) is 11.3 Å². The Morgan fingerprint density at radius 1 is 0.933 bits per heavy atom. The Hall–Kier alpha value is -0.870. The summed E-state index contributed by atoms with van der Waals surface area (Å²) in [6.07, 6.45) is 0. The smallest absolute Gasteiger partial charge is 0.244 e. The Kier molecular flexibility index (Phi) is 6.65. The molecule has 0 aliphatic carbocycles. The fraction of sp³-hybridized carbons (Fsp3) is 0.211. The van der Waals surface area contributed by atoms with Gasteiger partial charge in [0.05, 0.1) is 20.8 Å². The molecule has 1 aliphatic rings. The number of hydrogen-bond acceptors (Lipinski definition) is 5. The van der Waals surface area contributed by atoms with E-state index in [1.165, 1.54) is 21.7 Å². The Balaban J connectivity index is 1.47. The van der Waals surface area contributed by atoms with Gasteiger partial charge in [0.1, 0.15) is 4.90 Å². The second-order valence-corrected chi connectivity index (χ2v) is 11.5. The minimum atomic E-state index is -3.65.